The largest absolute Gasteiger partial charge is 0.508 e. The number of aliphatic carboxylic acids is 1. The molecule has 0 fully saturated rings. The highest BCUT2D eigenvalue weighted by molar-refractivity contribution is 5.91. The number of rotatable bonds is 11. The number of carbonyl (C=O) groups excluding carboxylic acids is 2. The fraction of sp³-hybridized carbons (Fsp3) is 0.571. The second-order valence-electron chi connectivity index (χ2n) is 8.20. The van der Waals surface area contributed by atoms with E-state index in [9.17, 15) is 24.6 Å². The van der Waals surface area contributed by atoms with Crippen LogP contribution in [0.15, 0.2) is 24.3 Å². The predicted octanol–water partition coefficient (Wildman–Crippen LogP) is 1.41. The molecule has 3 atom stereocenters. The number of aromatic hydroxyl groups is 1. The van der Waals surface area contributed by atoms with Crippen molar-refractivity contribution in [2.45, 2.75) is 65.1 Å². The first-order valence-electron chi connectivity index (χ1n) is 9.86. The summed E-state index contributed by atoms with van der Waals surface area (Å²) in [5.74, 6) is -1.81. The molecule has 0 heterocycles. The first kappa shape index (κ1) is 24.4. The number of benzene rings is 1. The second-order valence-corrected chi connectivity index (χ2v) is 8.20. The van der Waals surface area contributed by atoms with E-state index in [2.05, 4.69) is 10.6 Å². The Morgan fingerprint density at radius 2 is 1.38 bits per heavy atom. The zero-order valence-electron chi connectivity index (χ0n) is 17.5. The quantitative estimate of drug-likeness (QED) is 0.375. The van der Waals surface area contributed by atoms with Gasteiger partial charge in [-0.3, -0.25) is 9.59 Å². The molecule has 8 heteroatoms. The number of nitrogens with one attached hydrogen (secondary N) is 2. The fourth-order valence-corrected chi connectivity index (χ4v) is 2.93. The molecule has 2 amide bonds. The lowest BCUT2D eigenvalue weighted by atomic mass is 9.99. The van der Waals surface area contributed by atoms with Crippen molar-refractivity contribution in [3.05, 3.63) is 29.8 Å². The topological polar surface area (TPSA) is 142 Å². The Balaban J connectivity index is 2.79. The Kier molecular flexibility index (Phi) is 9.61. The van der Waals surface area contributed by atoms with Crippen LogP contribution in [0.3, 0.4) is 0 Å². The average Bonchev–Trinajstić information content (AvgIpc) is 2.61. The van der Waals surface area contributed by atoms with Crippen molar-refractivity contribution in [3.8, 4) is 5.75 Å². The summed E-state index contributed by atoms with van der Waals surface area (Å²) in [6.07, 6.45) is 0.897. The predicted molar refractivity (Wildman–Crippen MR) is 110 cm³/mol. The van der Waals surface area contributed by atoms with Crippen LogP contribution in [0.5, 0.6) is 5.75 Å². The molecule has 1 rings (SSSR count). The lowest BCUT2D eigenvalue weighted by molar-refractivity contribution is -0.142. The van der Waals surface area contributed by atoms with E-state index in [1.807, 2.05) is 27.7 Å². The molecule has 0 aliphatic heterocycles. The van der Waals surface area contributed by atoms with Gasteiger partial charge in [0.1, 0.15) is 17.8 Å². The minimum absolute atomic E-state index is 0.0910. The molecule has 0 saturated carbocycles. The lowest BCUT2D eigenvalue weighted by Gasteiger charge is -2.24. The summed E-state index contributed by atoms with van der Waals surface area (Å²) in [5, 5.41) is 23.9. The zero-order valence-corrected chi connectivity index (χ0v) is 17.5. The van der Waals surface area contributed by atoms with Gasteiger partial charge < -0.3 is 26.6 Å². The van der Waals surface area contributed by atoms with E-state index in [4.69, 9.17) is 5.73 Å². The highest BCUT2D eigenvalue weighted by atomic mass is 16.4. The van der Waals surface area contributed by atoms with Gasteiger partial charge in [-0.05, 0) is 48.8 Å². The van der Waals surface area contributed by atoms with Gasteiger partial charge in [0, 0.05) is 0 Å². The summed E-state index contributed by atoms with van der Waals surface area (Å²) < 4.78 is 0. The van der Waals surface area contributed by atoms with Gasteiger partial charge in [-0.15, -0.1) is 0 Å². The highest BCUT2D eigenvalue weighted by Crippen LogP contribution is 2.12. The maximum absolute atomic E-state index is 12.7. The highest BCUT2D eigenvalue weighted by Gasteiger charge is 2.28. The molecule has 0 aliphatic carbocycles. The molecular formula is C21H33N3O5. The normalized spacial score (nSPS) is 14.3. The summed E-state index contributed by atoms with van der Waals surface area (Å²) in [4.78, 5) is 36.6. The molecule has 0 saturated heterocycles. The second kappa shape index (κ2) is 11.4. The third-order valence-corrected chi connectivity index (χ3v) is 4.39. The summed E-state index contributed by atoms with van der Waals surface area (Å²) >= 11 is 0. The number of hydrogen-bond donors (Lipinski definition) is 5. The van der Waals surface area contributed by atoms with Gasteiger partial charge >= 0.3 is 5.97 Å². The van der Waals surface area contributed by atoms with Crippen molar-refractivity contribution in [1.29, 1.82) is 0 Å². The van der Waals surface area contributed by atoms with Crippen LogP contribution in [-0.2, 0) is 20.8 Å². The van der Waals surface area contributed by atoms with Crippen LogP contribution in [0.1, 0.15) is 46.1 Å². The zero-order chi connectivity index (χ0) is 22.1. The monoisotopic (exact) mass is 407 g/mol. The van der Waals surface area contributed by atoms with Crippen molar-refractivity contribution in [2.75, 3.05) is 0 Å². The molecule has 0 aliphatic rings. The number of hydrogen-bond acceptors (Lipinski definition) is 5. The van der Waals surface area contributed by atoms with Crippen LogP contribution >= 0.6 is 0 Å². The third-order valence-electron chi connectivity index (χ3n) is 4.39. The van der Waals surface area contributed by atoms with E-state index >= 15 is 0 Å². The molecule has 1 aromatic rings. The molecule has 0 radical (unpaired) electrons. The van der Waals surface area contributed by atoms with Crippen LogP contribution in [-0.4, -0.2) is 46.1 Å². The van der Waals surface area contributed by atoms with Crippen molar-refractivity contribution in [3.63, 3.8) is 0 Å². The number of carboxylic acid groups (broad SMARTS) is 1. The van der Waals surface area contributed by atoms with Crippen LogP contribution in [0, 0.1) is 11.8 Å². The molecule has 29 heavy (non-hydrogen) atoms. The molecule has 162 valence electrons. The Morgan fingerprint density at radius 1 is 0.897 bits per heavy atom. The molecule has 3 unspecified atom stereocenters. The Morgan fingerprint density at radius 3 is 1.86 bits per heavy atom. The van der Waals surface area contributed by atoms with Crippen LogP contribution in [0.4, 0.5) is 0 Å². The van der Waals surface area contributed by atoms with Gasteiger partial charge in [0.2, 0.25) is 11.8 Å². The van der Waals surface area contributed by atoms with E-state index < -0.39 is 35.9 Å². The number of phenolic OH excluding ortho intramolecular Hbond substituents is 1. The lowest BCUT2D eigenvalue weighted by Crippen LogP contribution is -2.55. The van der Waals surface area contributed by atoms with Crippen molar-refractivity contribution in [2.24, 2.45) is 17.6 Å². The summed E-state index contributed by atoms with van der Waals surface area (Å²) in [5.41, 5.74) is 6.76. The molecular weight excluding hydrogens is 374 g/mol. The maximum Gasteiger partial charge on any atom is 0.326 e. The minimum atomic E-state index is -1.11. The molecule has 6 N–H and O–H groups in total. The number of amides is 2. The van der Waals surface area contributed by atoms with Crippen molar-refractivity contribution >= 4 is 17.8 Å². The maximum atomic E-state index is 12.7. The molecule has 8 nitrogen and oxygen atoms in total. The summed E-state index contributed by atoms with van der Waals surface area (Å²) in [7, 11) is 0. The van der Waals surface area contributed by atoms with Crippen molar-refractivity contribution < 1.29 is 24.6 Å². The van der Waals surface area contributed by atoms with Crippen LogP contribution < -0.4 is 16.4 Å². The van der Waals surface area contributed by atoms with E-state index in [0.29, 0.717) is 12.8 Å². The molecule has 0 spiro atoms. The van der Waals surface area contributed by atoms with Crippen molar-refractivity contribution in [1.82, 2.24) is 10.6 Å². The number of nitrogens with two attached hydrogens (primary N) is 1. The summed E-state index contributed by atoms with van der Waals surface area (Å²) in [6, 6.07) is 3.59. The van der Waals surface area contributed by atoms with E-state index in [1.165, 1.54) is 12.1 Å². The van der Waals surface area contributed by atoms with Gasteiger partial charge in [0.05, 0.1) is 6.04 Å². The SMILES string of the molecule is CC(C)CC(NC(=O)C(CC(C)C)NC(=O)C(N)Cc1ccc(O)cc1)C(=O)O. The van der Waals surface area contributed by atoms with Gasteiger partial charge in [-0.2, -0.15) is 0 Å². The first-order valence-corrected chi connectivity index (χ1v) is 9.86. The van der Waals surface area contributed by atoms with E-state index in [-0.39, 0.29) is 24.0 Å². The van der Waals surface area contributed by atoms with Gasteiger partial charge in [0.25, 0.3) is 0 Å². The van der Waals surface area contributed by atoms with E-state index in [1.54, 1.807) is 12.1 Å². The number of phenols is 1. The van der Waals surface area contributed by atoms with Gasteiger partial charge in [-0.1, -0.05) is 39.8 Å². The first-order chi connectivity index (χ1) is 13.5. The number of carboxylic acids is 1. The Hall–Kier alpha value is -2.61. The standard InChI is InChI=1S/C21H33N3O5/c1-12(2)9-17(20(27)24-18(21(28)29)10-13(3)4)23-19(26)16(22)11-14-5-7-15(25)8-6-14/h5-8,12-13,16-18,25H,9-11,22H2,1-4H3,(H,23,26)(H,24,27)(H,28,29). The number of carbonyl (C=O) groups is 3. The third kappa shape index (κ3) is 8.95. The van der Waals surface area contributed by atoms with Gasteiger partial charge in [-0.25, -0.2) is 4.79 Å². The van der Waals surface area contributed by atoms with Crippen LogP contribution in [0.2, 0.25) is 0 Å². The fourth-order valence-electron chi connectivity index (χ4n) is 2.93. The van der Waals surface area contributed by atoms with Crippen LogP contribution in [0.25, 0.3) is 0 Å². The van der Waals surface area contributed by atoms with Gasteiger partial charge in [0.15, 0.2) is 0 Å². The molecule has 0 aromatic heterocycles. The summed E-state index contributed by atoms with van der Waals surface area (Å²) in [6.45, 7) is 7.56. The Labute approximate surface area is 171 Å². The average molecular weight is 408 g/mol. The van der Waals surface area contributed by atoms with E-state index in [0.717, 1.165) is 5.56 Å². The minimum Gasteiger partial charge on any atom is -0.508 e. The molecule has 0 bridgehead atoms. The smallest absolute Gasteiger partial charge is 0.326 e. The Bertz CT molecular complexity index is 688. The molecule has 1 aromatic carbocycles.